The second kappa shape index (κ2) is 13.5. The van der Waals surface area contributed by atoms with Gasteiger partial charge in [0.05, 0.1) is 30.4 Å². The zero-order valence-electron chi connectivity index (χ0n) is 27.7. The molecular formula is C38H42O10. The van der Waals surface area contributed by atoms with Gasteiger partial charge in [-0.25, -0.2) is 4.79 Å². The molecule has 0 amide bonds. The van der Waals surface area contributed by atoms with Gasteiger partial charge < -0.3 is 34.6 Å². The van der Waals surface area contributed by atoms with Gasteiger partial charge in [0.25, 0.3) is 0 Å². The van der Waals surface area contributed by atoms with Crippen LogP contribution in [-0.2, 0) is 22.3 Å². The van der Waals surface area contributed by atoms with Crippen LogP contribution in [-0.4, -0.2) is 51.7 Å². The van der Waals surface area contributed by atoms with Crippen molar-refractivity contribution in [2.75, 3.05) is 13.7 Å². The average molecular weight is 659 g/mol. The molecule has 6 rings (SSSR count). The van der Waals surface area contributed by atoms with Crippen molar-refractivity contribution < 1.29 is 49.0 Å². The first-order valence-electron chi connectivity index (χ1n) is 16.9. The van der Waals surface area contributed by atoms with Crippen LogP contribution in [0.5, 0.6) is 28.7 Å². The number of hydrogen-bond donors (Lipinski definition) is 4. The number of ketones is 2. The molecule has 1 aliphatic heterocycles. The van der Waals surface area contributed by atoms with Crippen molar-refractivity contribution in [2.45, 2.75) is 97.2 Å². The fourth-order valence-electron chi connectivity index (χ4n) is 7.36. The first-order valence-corrected chi connectivity index (χ1v) is 16.9. The predicted molar refractivity (Wildman–Crippen MR) is 176 cm³/mol. The molecule has 0 saturated carbocycles. The summed E-state index contributed by atoms with van der Waals surface area (Å²) in [6.45, 7) is 4.02. The van der Waals surface area contributed by atoms with Gasteiger partial charge in [-0.3, -0.25) is 9.59 Å². The van der Waals surface area contributed by atoms with Gasteiger partial charge in [0.2, 0.25) is 12.1 Å². The Morgan fingerprint density at radius 3 is 2.04 bits per heavy atom. The molecule has 0 fully saturated rings. The van der Waals surface area contributed by atoms with Crippen molar-refractivity contribution >= 4 is 17.5 Å². The number of carbonyl (C=O) groups is 3. The second-order valence-electron chi connectivity index (χ2n) is 12.9. The fraction of sp³-hybridized carbons (Fsp3) is 0.447. The van der Waals surface area contributed by atoms with E-state index in [-0.39, 0.29) is 62.4 Å². The number of rotatable bonds is 13. The Balaban J connectivity index is 1.28. The van der Waals surface area contributed by atoms with Crippen molar-refractivity contribution in [3.8, 4) is 39.9 Å². The van der Waals surface area contributed by atoms with Crippen LogP contribution in [0.25, 0.3) is 11.1 Å². The number of ether oxygens (including phenoxy) is 3. The maximum atomic E-state index is 13.8. The monoisotopic (exact) mass is 658 g/mol. The fourth-order valence-corrected chi connectivity index (χ4v) is 7.36. The maximum Gasteiger partial charge on any atom is 0.345 e. The molecule has 254 valence electrons. The zero-order chi connectivity index (χ0) is 34.3. The molecule has 0 radical (unpaired) electrons. The third-order valence-electron chi connectivity index (χ3n) is 9.93. The smallest absolute Gasteiger partial charge is 0.345 e. The molecule has 1 unspecified atom stereocenters. The van der Waals surface area contributed by atoms with E-state index >= 15 is 0 Å². The summed E-state index contributed by atoms with van der Waals surface area (Å²) in [4.78, 5) is 40.7. The molecule has 3 aromatic rings. The van der Waals surface area contributed by atoms with E-state index in [9.17, 15) is 34.8 Å². The molecule has 10 nitrogen and oxygen atoms in total. The number of phenols is 4. The number of carbonyl (C=O) groups excluding carboxylic acids is 3. The van der Waals surface area contributed by atoms with Crippen LogP contribution in [0.15, 0.2) is 12.1 Å². The summed E-state index contributed by atoms with van der Waals surface area (Å²) in [5.41, 5.74) is 0.385. The van der Waals surface area contributed by atoms with E-state index in [0.717, 1.165) is 25.3 Å². The van der Waals surface area contributed by atoms with Crippen LogP contribution in [0, 0.1) is 6.92 Å². The summed E-state index contributed by atoms with van der Waals surface area (Å²) >= 11 is 0. The molecule has 3 aromatic carbocycles. The molecule has 3 aliphatic rings. The number of aryl methyl sites for hydroxylation is 1. The van der Waals surface area contributed by atoms with Gasteiger partial charge in [0.1, 0.15) is 34.3 Å². The van der Waals surface area contributed by atoms with E-state index in [1.54, 1.807) is 6.07 Å². The maximum absolute atomic E-state index is 13.8. The first kappa shape index (κ1) is 33.3. The number of cyclic esters (lactones) is 1. The summed E-state index contributed by atoms with van der Waals surface area (Å²) in [6.07, 6.45) is 11.4. The van der Waals surface area contributed by atoms with Gasteiger partial charge in [-0.15, -0.1) is 0 Å². The molecule has 1 heterocycles. The van der Waals surface area contributed by atoms with Crippen molar-refractivity contribution in [2.24, 2.45) is 0 Å². The summed E-state index contributed by atoms with van der Waals surface area (Å²) in [6, 6.07) is 2.82. The Bertz CT molecular complexity index is 1820. The van der Waals surface area contributed by atoms with Gasteiger partial charge in [-0.1, -0.05) is 64.7 Å². The van der Waals surface area contributed by atoms with Crippen molar-refractivity contribution in [3.05, 3.63) is 62.2 Å². The molecule has 0 saturated heterocycles. The van der Waals surface area contributed by atoms with Crippen LogP contribution >= 0.6 is 0 Å². The summed E-state index contributed by atoms with van der Waals surface area (Å²) in [5, 5.41) is 44.4. The van der Waals surface area contributed by atoms with Crippen molar-refractivity contribution in [1.82, 2.24) is 0 Å². The van der Waals surface area contributed by atoms with E-state index in [0.29, 0.717) is 29.7 Å². The number of fused-ring (bicyclic) bond motifs is 6. The van der Waals surface area contributed by atoms with Gasteiger partial charge >= 0.3 is 5.97 Å². The predicted octanol–water partition coefficient (Wildman–Crippen LogP) is 7.47. The van der Waals surface area contributed by atoms with Gasteiger partial charge in [0.15, 0.2) is 5.78 Å². The third-order valence-corrected chi connectivity index (χ3v) is 9.93. The second-order valence-corrected chi connectivity index (χ2v) is 12.9. The van der Waals surface area contributed by atoms with Crippen molar-refractivity contribution in [1.29, 1.82) is 0 Å². The van der Waals surface area contributed by atoms with Gasteiger partial charge in [-0.2, -0.15) is 0 Å². The first-order chi connectivity index (χ1) is 23.1. The lowest BCUT2D eigenvalue weighted by Gasteiger charge is -2.30. The SMILES string of the molecule is CCCCCCCCCCCCOC1OC(=O)c2c1cc1c(c2O)-c2c(O)c3c(c(OC)c2CC1)C(=O)c1c(cc(O)c(C)c1O)C3=O. The van der Waals surface area contributed by atoms with Crippen LogP contribution in [0.1, 0.15) is 142 Å². The number of unbranched alkanes of at least 4 members (excludes halogenated alkanes) is 9. The lowest BCUT2D eigenvalue weighted by molar-refractivity contribution is -0.104. The molecule has 48 heavy (non-hydrogen) atoms. The third kappa shape index (κ3) is 5.45. The highest BCUT2D eigenvalue weighted by Crippen LogP contribution is 2.55. The van der Waals surface area contributed by atoms with Crippen LogP contribution in [0.3, 0.4) is 0 Å². The number of aromatic hydroxyl groups is 4. The van der Waals surface area contributed by atoms with Gasteiger partial charge in [-0.05, 0) is 43.9 Å². The number of phenolic OH excluding ortho intramolecular Hbond substituents is 4. The van der Waals surface area contributed by atoms with E-state index < -0.39 is 41.1 Å². The summed E-state index contributed by atoms with van der Waals surface area (Å²) < 4.78 is 17.2. The topological polar surface area (TPSA) is 160 Å². The van der Waals surface area contributed by atoms with Crippen LogP contribution < -0.4 is 4.74 Å². The van der Waals surface area contributed by atoms with E-state index in [1.165, 1.54) is 59.0 Å². The molecule has 10 heteroatoms. The lowest BCUT2D eigenvalue weighted by atomic mass is 9.75. The van der Waals surface area contributed by atoms with Crippen LogP contribution in [0.4, 0.5) is 0 Å². The normalized spacial score (nSPS) is 15.8. The minimum absolute atomic E-state index is 0.0257. The summed E-state index contributed by atoms with van der Waals surface area (Å²) in [5.74, 6) is -4.20. The standard InChI is InChI=1S/C38H42O10/c1-4-5-6-7-8-9-10-11-12-13-16-47-38-23-17-20-14-15-21-26(25(20)33(42)28(23)37(45)48-38)34(43)29-30(36(21)46-3)35(44)27-22(32(29)41)18-24(39)19(2)31(27)40/h17-18,38-40,42-43H,4-16H2,1-3H3. The Labute approximate surface area is 279 Å². The summed E-state index contributed by atoms with van der Waals surface area (Å²) in [7, 11) is 1.33. The Morgan fingerprint density at radius 2 is 1.38 bits per heavy atom. The number of methoxy groups -OCH3 is 1. The lowest BCUT2D eigenvalue weighted by Crippen LogP contribution is -2.24. The molecular weight excluding hydrogens is 616 g/mol. The molecule has 0 spiro atoms. The Kier molecular flexibility index (Phi) is 9.38. The highest BCUT2D eigenvalue weighted by Gasteiger charge is 2.44. The van der Waals surface area contributed by atoms with E-state index in [4.69, 9.17) is 14.2 Å². The molecule has 2 aliphatic carbocycles. The van der Waals surface area contributed by atoms with Crippen LogP contribution in [0.2, 0.25) is 0 Å². The van der Waals surface area contributed by atoms with E-state index in [2.05, 4.69) is 6.92 Å². The number of hydrogen-bond acceptors (Lipinski definition) is 10. The van der Waals surface area contributed by atoms with E-state index in [1.807, 2.05) is 0 Å². The molecule has 0 aromatic heterocycles. The number of esters is 1. The Morgan fingerprint density at radius 1 is 0.729 bits per heavy atom. The quantitative estimate of drug-likeness (QED) is 0.0838. The highest BCUT2D eigenvalue weighted by atomic mass is 16.7. The minimum Gasteiger partial charge on any atom is -0.508 e. The molecule has 0 bridgehead atoms. The van der Waals surface area contributed by atoms with Crippen molar-refractivity contribution in [3.63, 3.8) is 0 Å². The number of benzene rings is 3. The molecule has 4 N–H and O–H groups in total. The Hall–Kier alpha value is -4.57. The average Bonchev–Trinajstić information content (AvgIpc) is 3.39. The highest BCUT2D eigenvalue weighted by molar-refractivity contribution is 6.32. The minimum atomic E-state index is -0.977. The molecule has 1 atom stereocenters. The largest absolute Gasteiger partial charge is 0.508 e. The zero-order valence-corrected chi connectivity index (χ0v) is 27.7. The van der Waals surface area contributed by atoms with Gasteiger partial charge in [0, 0.05) is 33.4 Å².